The van der Waals surface area contributed by atoms with E-state index in [-0.39, 0.29) is 16.2 Å². The number of anilines is 1. The highest BCUT2D eigenvalue weighted by atomic mass is 32.2. The first-order valence-corrected chi connectivity index (χ1v) is 10.5. The molecule has 1 saturated heterocycles. The maximum Gasteiger partial charge on any atom is 0.256 e. The summed E-state index contributed by atoms with van der Waals surface area (Å²) in [6, 6.07) is 8.40. The van der Waals surface area contributed by atoms with E-state index in [2.05, 4.69) is 5.32 Å². The smallest absolute Gasteiger partial charge is 0.256 e. The first kappa shape index (κ1) is 20.3. The molecule has 0 atom stereocenters. The predicted molar refractivity (Wildman–Crippen MR) is 105 cm³/mol. The number of hydrogen-bond acceptors (Lipinski definition) is 4. The Morgan fingerprint density at radius 2 is 1.82 bits per heavy atom. The summed E-state index contributed by atoms with van der Waals surface area (Å²) in [6.45, 7) is 2.63. The van der Waals surface area contributed by atoms with Crippen molar-refractivity contribution in [3.63, 3.8) is 0 Å². The van der Waals surface area contributed by atoms with Crippen LogP contribution >= 0.6 is 0 Å². The van der Waals surface area contributed by atoms with Crippen LogP contribution in [-0.4, -0.2) is 38.8 Å². The lowest BCUT2D eigenvalue weighted by atomic mass is 10.1. The van der Waals surface area contributed by atoms with Gasteiger partial charge in [-0.25, -0.2) is 12.8 Å². The zero-order valence-corrected chi connectivity index (χ0v) is 16.7. The summed E-state index contributed by atoms with van der Waals surface area (Å²) in [5.41, 5.74) is 1.11. The van der Waals surface area contributed by atoms with E-state index in [4.69, 9.17) is 4.74 Å². The van der Waals surface area contributed by atoms with Gasteiger partial charge in [-0.1, -0.05) is 12.5 Å². The first-order chi connectivity index (χ1) is 13.3. The van der Waals surface area contributed by atoms with E-state index in [9.17, 15) is 17.6 Å². The number of methoxy groups -OCH3 is 1. The zero-order chi connectivity index (χ0) is 20.3. The molecule has 150 valence electrons. The fourth-order valence-corrected chi connectivity index (χ4v) is 4.94. The van der Waals surface area contributed by atoms with Gasteiger partial charge in [0.1, 0.15) is 16.5 Å². The molecule has 0 unspecified atom stereocenters. The predicted octanol–water partition coefficient (Wildman–Crippen LogP) is 3.57. The van der Waals surface area contributed by atoms with E-state index in [1.54, 1.807) is 13.0 Å². The van der Waals surface area contributed by atoms with Crippen molar-refractivity contribution < 1.29 is 22.3 Å². The second-order valence-corrected chi connectivity index (χ2v) is 8.65. The van der Waals surface area contributed by atoms with Gasteiger partial charge in [0.15, 0.2) is 0 Å². The molecule has 28 heavy (non-hydrogen) atoms. The van der Waals surface area contributed by atoms with Gasteiger partial charge in [0.25, 0.3) is 5.91 Å². The Labute approximate surface area is 164 Å². The molecule has 0 saturated carbocycles. The Morgan fingerprint density at radius 3 is 2.50 bits per heavy atom. The highest BCUT2D eigenvalue weighted by Crippen LogP contribution is 2.31. The monoisotopic (exact) mass is 406 g/mol. The second kappa shape index (κ2) is 8.28. The van der Waals surface area contributed by atoms with Crippen molar-refractivity contribution in [1.29, 1.82) is 0 Å². The van der Waals surface area contributed by atoms with Gasteiger partial charge < -0.3 is 10.1 Å². The number of ether oxygens (including phenoxy) is 1. The third-order valence-electron chi connectivity index (χ3n) is 4.80. The number of rotatable bonds is 5. The fraction of sp³-hybridized carbons (Fsp3) is 0.350. The van der Waals surface area contributed by atoms with Gasteiger partial charge in [0.2, 0.25) is 10.0 Å². The van der Waals surface area contributed by atoms with E-state index in [1.807, 2.05) is 0 Å². The Bertz CT molecular complexity index is 986. The molecule has 1 fully saturated rings. The molecule has 8 heteroatoms. The van der Waals surface area contributed by atoms with Crippen molar-refractivity contribution in [3.05, 3.63) is 53.3 Å². The lowest BCUT2D eigenvalue weighted by Crippen LogP contribution is -2.35. The molecule has 1 aliphatic heterocycles. The average molecular weight is 406 g/mol. The van der Waals surface area contributed by atoms with Gasteiger partial charge in [0, 0.05) is 24.3 Å². The summed E-state index contributed by atoms with van der Waals surface area (Å²) in [6.07, 6.45) is 2.64. The minimum atomic E-state index is -3.75. The van der Waals surface area contributed by atoms with Gasteiger partial charge in [-0.2, -0.15) is 4.31 Å². The first-order valence-electron chi connectivity index (χ1n) is 9.08. The standard InChI is InChI=1S/C20H23FN2O4S/c1-14-6-7-15(21)12-17(14)20(24)22-16-8-9-18(27-2)19(13-16)28(25,26)23-10-4-3-5-11-23/h6-9,12-13H,3-5,10-11H2,1-2H3,(H,22,24). The normalized spacial score (nSPS) is 15.2. The summed E-state index contributed by atoms with van der Waals surface area (Å²) < 4.78 is 46.3. The number of nitrogens with one attached hydrogen (secondary N) is 1. The quantitative estimate of drug-likeness (QED) is 0.824. The molecule has 2 aromatic carbocycles. The van der Waals surface area contributed by atoms with E-state index in [1.165, 1.54) is 35.7 Å². The number of nitrogens with zero attached hydrogens (tertiary/aromatic N) is 1. The lowest BCUT2D eigenvalue weighted by molar-refractivity contribution is 0.102. The third-order valence-corrected chi connectivity index (χ3v) is 6.72. The molecular weight excluding hydrogens is 383 g/mol. The van der Waals surface area contributed by atoms with Gasteiger partial charge in [-0.05, 0) is 55.7 Å². The van der Waals surface area contributed by atoms with Crippen molar-refractivity contribution in [2.24, 2.45) is 0 Å². The number of sulfonamides is 1. The summed E-state index contributed by atoms with van der Waals surface area (Å²) in [7, 11) is -2.34. The molecule has 3 rings (SSSR count). The van der Waals surface area contributed by atoms with Crippen LogP contribution in [0, 0.1) is 12.7 Å². The molecule has 6 nitrogen and oxygen atoms in total. The molecule has 0 bridgehead atoms. The van der Waals surface area contributed by atoms with E-state index in [0.29, 0.717) is 24.3 Å². The third kappa shape index (κ3) is 4.18. The van der Waals surface area contributed by atoms with E-state index >= 15 is 0 Å². The number of piperidine rings is 1. The van der Waals surface area contributed by atoms with Crippen LogP contribution < -0.4 is 10.1 Å². The molecule has 0 spiro atoms. The van der Waals surface area contributed by atoms with Gasteiger partial charge in [0.05, 0.1) is 7.11 Å². The van der Waals surface area contributed by atoms with Crippen LogP contribution in [0.25, 0.3) is 0 Å². The summed E-state index contributed by atoms with van der Waals surface area (Å²) in [4.78, 5) is 12.5. The number of amides is 1. The largest absolute Gasteiger partial charge is 0.495 e. The maximum atomic E-state index is 13.5. The Kier molecular flexibility index (Phi) is 6.00. The molecule has 1 aliphatic rings. The maximum absolute atomic E-state index is 13.5. The van der Waals surface area contributed by atoms with Gasteiger partial charge in [-0.15, -0.1) is 0 Å². The highest BCUT2D eigenvalue weighted by molar-refractivity contribution is 7.89. The van der Waals surface area contributed by atoms with Crippen LogP contribution in [0.1, 0.15) is 35.2 Å². The molecule has 0 radical (unpaired) electrons. The SMILES string of the molecule is COc1ccc(NC(=O)c2cc(F)ccc2C)cc1S(=O)(=O)N1CCCCC1. The second-order valence-electron chi connectivity index (χ2n) is 6.74. The molecule has 1 heterocycles. The van der Waals surface area contributed by atoms with Crippen LogP contribution in [0.4, 0.5) is 10.1 Å². The number of aryl methyl sites for hydroxylation is 1. The summed E-state index contributed by atoms with van der Waals surface area (Å²) >= 11 is 0. The topological polar surface area (TPSA) is 75.7 Å². The van der Waals surface area contributed by atoms with Crippen LogP contribution in [0.5, 0.6) is 5.75 Å². The average Bonchev–Trinajstić information content (AvgIpc) is 2.70. The molecule has 0 aromatic heterocycles. The van der Waals surface area contributed by atoms with Gasteiger partial charge >= 0.3 is 0 Å². The Morgan fingerprint density at radius 1 is 1.11 bits per heavy atom. The summed E-state index contributed by atoms with van der Waals surface area (Å²) in [5, 5.41) is 2.65. The highest BCUT2D eigenvalue weighted by Gasteiger charge is 2.29. The van der Waals surface area contributed by atoms with Crippen molar-refractivity contribution >= 4 is 21.6 Å². The minimum Gasteiger partial charge on any atom is -0.495 e. The number of hydrogen-bond donors (Lipinski definition) is 1. The number of carbonyl (C=O) groups is 1. The van der Waals surface area contributed by atoms with Crippen molar-refractivity contribution in [1.82, 2.24) is 4.31 Å². The van der Waals surface area contributed by atoms with Crippen molar-refractivity contribution in [2.45, 2.75) is 31.1 Å². The van der Waals surface area contributed by atoms with E-state index < -0.39 is 21.7 Å². The molecule has 2 aromatic rings. The van der Waals surface area contributed by atoms with Crippen LogP contribution in [0.15, 0.2) is 41.3 Å². The number of halogens is 1. The van der Waals surface area contributed by atoms with Crippen LogP contribution in [-0.2, 0) is 10.0 Å². The molecular formula is C20H23FN2O4S. The Balaban J connectivity index is 1.92. The lowest BCUT2D eigenvalue weighted by Gasteiger charge is -2.26. The van der Waals surface area contributed by atoms with Gasteiger partial charge in [-0.3, -0.25) is 4.79 Å². The number of benzene rings is 2. The number of carbonyl (C=O) groups excluding carboxylic acids is 1. The zero-order valence-electron chi connectivity index (χ0n) is 15.9. The molecule has 0 aliphatic carbocycles. The van der Waals surface area contributed by atoms with Crippen LogP contribution in [0.3, 0.4) is 0 Å². The van der Waals surface area contributed by atoms with E-state index in [0.717, 1.165) is 25.3 Å². The minimum absolute atomic E-state index is 0.00524. The Hall–Kier alpha value is -2.45. The van der Waals surface area contributed by atoms with Crippen molar-refractivity contribution in [2.75, 3.05) is 25.5 Å². The van der Waals surface area contributed by atoms with Crippen molar-refractivity contribution in [3.8, 4) is 5.75 Å². The molecule has 1 N–H and O–H groups in total. The fourth-order valence-electron chi connectivity index (χ4n) is 3.24. The van der Waals surface area contributed by atoms with Crippen LogP contribution in [0.2, 0.25) is 0 Å². The molecule has 1 amide bonds. The summed E-state index contributed by atoms with van der Waals surface area (Å²) in [5.74, 6) is -0.812.